The Bertz CT molecular complexity index is 680. The van der Waals surface area contributed by atoms with Crippen LogP contribution in [0.2, 0.25) is 0 Å². The van der Waals surface area contributed by atoms with Crippen molar-refractivity contribution in [2.45, 2.75) is 26.8 Å². The maximum atomic E-state index is 12.2. The molecule has 0 radical (unpaired) electrons. The summed E-state index contributed by atoms with van der Waals surface area (Å²) >= 11 is 0. The van der Waals surface area contributed by atoms with Crippen LogP contribution in [0.1, 0.15) is 28.2 Å². The van der Waals surface area contributed by atoms with E-state index >= 15 is 0 Å². The molecule has 0 spiro atoms. The first-order valence-electron chi connectivity index (χ1n) is 7.56. The van der Waals surface area contributed by atoms with Crippen molar-refractivity contribution in [2.75, 3.05) is 20.8 Å². The number of carbonyl (C=O) groups excluding carboxylic acids is 1. The molecule has 2 aromatic rings. The van der Waals surface area contributed by atoms with Crippen molar-refractivity contribution >= 4 is 5.91 Å². The number of rotatable bonds is 7. The van der Waals surface area contributed by atoms with Crippen molar-refractivity contribution in [1.29, 1.82) is 0 Å². The normalized spacial score (nSPS) is 10.4. The molecule has 2 rings (SSSR count). The summed E-state index contributed by atoms with van der Waals surface area (Å²) in [6, 6.07) is 7.17. The summed E-state index contributed by atoms with van der Waals surface area (Å²) in [5.41, 5.74) is 2.69. The van der Waals surface area contributed by atoms with Gasteiger partial charge in [-0.05, 0) is 44.5 Å². The molecule has 0 aliphatic heterocycles. The van der Waals surface area contributed by atoms with Crippen LogP contribution < -0.4 is 14.8 Å². The number of carbonyl (C=O) groups is 1. The van der Waals surface area contributed by atoms with E-state index < -0.39 is 0 Å². The smallest absolute Gasteiger partial charge is 0.251 e. The molecule has 0 bridgehead atoms. The minimum Gasteiger partial charge on any atom is -0.493 e. The molecule has 6 heteroatoms. The van der Waals surface area contributed by atoms with E-state index in [2.05, 4.69) is 10.4 Å². The highest BCUT2D eigenvalue weighted by molar-refractivity contribution is 5.94. The van der Waals surface area contributed by atoms with Gasteiger partial charge in [-0.1, -0.05) is 0 Å². The van der Waals surface area contributed by atoms with Gasteiger partial charge in [0.1, 0.15) is 0 Å². The Hall–Kier alpha value is -2.50. The minimum absolute atomic E-state index is 0.126. The number of nitrogens with zero attached hydrogens (tertiary/aromatic N) is 2. The van der Waals surface area contributed by atoms with Crippen molar-refractivity contribution in [2.24, 2.45) is 0 Å². The van der Waals surface area contributed by atoms with Crippen LogP contribution in [-0.4, -0.2) is 36.5 Å². The second-order valence-electron chi connectivity index (χ2n) is 5.33. The number of aryl methyl sites for hydroxylation is 3. The third-order valence-corrected chi connectivity index (χ3v) is 3.58. The zero-order chi connectivity index (χ0) is 16.8. The van der Waals surface area contributed by atoms with Crippen LogP contribution in [0.4, 0.5) is 0 Å². The summed E-state index contributed by atoms with van der Waals surface area (Å²) in [5.74, 6) is 1.02. The first kappa shape index (κ1) is 16.9. The van der Waals surface area contributed by atoms with Crippen LogP contribution in [0.5, 0.6) is 11.5 Å². The third kappa shape index (κ3) is 4.25. The molecule has 0 saturated carbocycles. The van der Waals surface area contributed by atoms with E-state index in [0.717, 1.165) is 24.4 Å². The maximum absolute atomic E-state index is 12.2. The van der Waals surface area contributed by atoms with E-state index in [4.69, 9.17) is 9.47 Å². The Labute approximate surface area is 136 Å². The van der Waals surface area contributed by atoms with Gasteiger partial charge in [0, 0.05) is 24.3 Å². The van der Waals surface area contributed by atoms with Gasteiger partial charge in [0.15, 0.2) is 11.5 Å². The van der Waals surface area contributed by atoms with Crippen LogP contribution in [-0.2, 0) is 6.54 Å². The van der Waals surface area contributed by atoms with E-state index in [1.54, 1.807) is 32.4 Å². The average Bonchev–Trinajstić information content (AvgIpc) is 2.88. The van der Waals surface area contributed by atoms with Gasteiger partial charge in [0.2, 0.25) is 0 Å². The summed E-state index contributed by atoms with van der Waals surface area (Å²) in [4.78, 5) is 12.2. The van der Waals surface area contributed by atoms with E-state index in [9.17, 15) is 4.79 Å². The molecule has 1 amide bonds. The Kier molecular flexibility index (Phi) is 5.62. The van der Waals surface area contributed by atoms with Crippen LogP contribution in [0.3, 0.4) is 0 Å². The summed E-state index contributed by atoms with van der Waals surface area (Å²) in [6.07, 6.45) is 0.820. The standard InChI is InChI=1S/C17H23N3O3/c1-12-10-13(2)20(19-12)9-5-8-18-17(21)14-6-7-15(22-3)16(11-14)23-4/h6-7,10-11H,5,8-9H2,1-4H3,(H,18,21). The molecule has 1 aromatic carbocycles. The molecule has 0 unspecified atom stereocenters. The second kappa shape index (κ2) is 7.67. The number of aromatic nitrogens is 2. The molecule has 1 heterocycles. The van der Waals surface area contributed by atoms with Gasteiger partial charge in [-0.2, -0.15) is 5.10 Å². The predicted octanol–water partition coefficient (Wildman–Crippen LogP) is 2.34. The first-order chi connectivity index (χ1) is 11.0. The molecule has 1 N–H and O–H groups in total. The number of nitrogens with one attached hydrogen (secondary N) is 1. The second-order valence-corrected chi connectivity index (χ2v) is 5.33. The van der Waals surface area contributed by atoms with Gasteiger partial charge in [-0.3, -0.25) is 9.48 Å². The van der Waals surface area contributed by atoms with Crippen molar-refractivity contribution < 1.29 is 14.3 Å². The fourth-order valence-corrected chi connectivity index (χ4v) is 2.41. The lowest BCUT2D eigenvalue weighted by atomic mass is 10.2. The lowest BCUT2D eigenvalue weighted by Crippen LogP contribution is -2.25. The largest absolute Gasteiger partial charge is 0.493 e. The fraction of sp³-hybridized carbons (Fsp3) is 0.412. The Morgan fingerprint density at radius 2 is 1.91 bits per heavy atom. The van der Waals surface area contributed by atoms with Gasteiger partial charge in [0.05, 0.1) is 19.9 Å². The number of hydrogen-bond acceptors (Lipinski definition) is 4. The zero-order valence-corrected chi connectivity index (χ0v) is 14.0. The SMILES string of the molecule is COc1ccc(C(=O)NCCCn2nc(C)cc2C)cc1OC. The zero-order valence-electron chi connectivity index (χ0n) is 14.0. The molecule has 0 atom stereocenters. The third-order valence-electron chi connectivity index (χ3n) is 3.58. The molecule has 0 aliphatic carbocycles. The number of amides is 1. The van der Waals surface area contributed by atoms with Gasteiger partial charge in [0.25, 0.3) is 5.91 Å². The summed E-state index contributed by atoms with van der Waals surface area (Å²) in [5, 5.41) is 7.31. The Morgan fingerprint density at radius 1 is 1.17 bits per heavy atom. The molecule has 124 valence electrons. The Balaban J connectivity index is 1.86. The number of ether oxygens (including phenoxy) is 2. The molecular formula is C17H23N3O3. The van der Waals surface area contributed by atoms with E-state index in [0.29, 0.717) is 23.6 Å². The molecule has 6 nitrogen and oxygen atoms in total. The quantitative estimate of drug-likeness (QED) is 0.796. The summed E-state index contributed by atoms with van der Waals surface area (Å²) in [7, 11) is 3.12. The van der Waals surface area contributed by atoms with Gasteiger partial charge < -0.3 is 14.8 Å². The Morgan fingerprint density at radius 3 is 2.52 bits per heavy atom. The summed E-state index contributed by atoms with van der Waals surface area (Å²) < 4.78 is 12.3. The average molecular weight is 317 g/mol. The van der Waals surface area contributed by atoms with Crippen molar-refractivity contribution in [3.05, 3.63) is 41.2 Å². The number of hydrogen-bond donors (Lipinski definition) is 1. The lowest BCUT2D eigenvalue weighted by Gasteiger charge is -2.10. The highest BCUT2D eigenvalue weighted by Gasteiger charge is 2.10. The van der Waals surface area contributed by atoms with Crippen molar-refractivity contribution in [3.8, 4) is 11.5 Å². The topological polar surface area (TPSA) is 65.4 Å². The van der Waals surface area contributed by atoms with Crippen LogP contribution in [0.25, 0.3) is 0 Å². The number of methoxy groups -OCH3 is 2. The van der Waals surface area contributed by atoms with E-state index in [-0.39, 0.29) is 5.91 Å². The van der Waals surface area contributed by atoms with Crippen molar-refractivity contribution in [1.82, 2.24) is 15.1 Å². The molecule has 23 heavy (non-hydrogen) atoms. The lowest BCUT2D eigenvalue weighted by molar-refractivity contribution is 0.0952. The maximum Gasteiger partial charge on any atom is 0.251 e. The van der Waals surface area contributed by atoms with Crippen LogP contribution in [0, 0.1) is 13.8 Å². The minimum atomic E-state index is -0.126. The molecule has 1 aromatic heterocycles. The molecule has 0 saturated heterocycles. The van der Waals surface area contributed by atoms with Crippen LogP contribution in [0.15, 0.2) is 24.3 Å². The van der Waals surface area contributed by atoms with Gasteiger partial charge >= 0.3 is 0 Å². The van der Waals surface area contributed by atoms with E-state index in [1.807, 2.05) is 24.6 Å². The van der Waals surface area contributed by atoms with E-state index in [1.165, 1.54) is 0 Å². The van der Waals surface area contributed by atoms with Gasteiger partial charge in [-0.25, -0.2) is 0 Å². The highest BCUT2D eigenvalue weighted by atomic mass is 16.5. The first-order valence-corrected chi connectivity index (χ1v) is 7.56. The van der Waals surface area contributed by atoms with Crippen molar-refractivity contribution in [3.63, 3.8) is 0 Å². The summed E-state index contributed by atoms with van der Waals surface area (Å²) in [6.45, 7) is 5.38. The predicted molar refractivity (Wildman–Crippen MR) is 88.2 cm³/mol. The number of benzene rings is 1. The molecular weight excluding hydrogens is 294 g/mol. The van der Waals surface area contributed by atoms with Gasteiger partial charge in [-0.15, -0.1) is 0 Å². The monoisotopic (exact) mass is 317 g/mol. The molecule has 0 aliphatic rings. The fourth-order valence-electron chi connectivity index (χ4n) is 2.41. The highest BCUT2D eigenvalue weighted by Crippen LogP contribution is 2.27. The molecule has 0 fully saturated rings. The van der Waals surface area contributed by atoms with Crippen LogP contribution >= 0.6 is 0 Å².